The van der Waals surface area contributed by atoms with E-state index in [1.54, 1.807) is 0 Å². The maximum Gasteiger partial charge on any atom is 0.0893 e. The predicted octanol–water partition coefficient (Wildman–Crippen LogP) is 4.27. The van der Waals surface area contributed by atoms with Gasteiger partial charge in [-0.25, -0.2) is 0 Å². The van der Waals surface area contributed by atoms with Crippen molar-refractivity contribution in [1.29, 1.82) is 0 Å². The molecule has 0 unspecified atom stereocenters. The van der Waals surface area contributed by atoms with Crippen LogP contribution in [0.5, 0.6) is 0 Å². The topological polar surface area (TPSA) is 0 Å². The predicted molar refractivity (Wildman–Crippen MR) is 55.0 cm³/mol. The van der Waals surface area contributed by atoms with Gasteiger partial charge in [0.05, 0.1) is 6.08 Å². The molecule has 0 aromatic rings. The normalized spacial score (nSPS) is 24.7. The van der Waals surface area contributed by atoms with Gasteiger partial charge in [-0.05, 0) is 12.8 Å². The van der Waals surface area contributed by atoms with E-state index in [0.29, 0.717) is 0 Å². The molecule has 0 heteroatoms. The molecule has 0 heterocycles. The first-order chi connectivity index (χ1) is 6.00. The van der Waals surface area contributed by atoms with Crippen molar-refractivity contribution >= 4 is 0 Å². The molecule has 0 nitrogen and oxygen atoms in total. The monoisotopic (exact) mass is 165 g/mol. The Labute approximate surface area is 77.1 Å². The third kappa shape index (κ3) is 5.29. The fraction of sp³-hybridized carbons (Fsp3) is 0.750. The second-order valence-electron chi connectivity index (χ2n) is 3.72. The molecule has 68 valence electrons. The summed E-state index contributed by atoms with van der Waals surface area (Å²) >= 11 is 0. The van der Waals surface area contributed by atoms with E-state index in [4.69, 9.17) is 0 Å². The highest BCUT2D eigenvalue weighted by Crippen LogP contribution is 2.12. The minimum absolute atomic E-state index is 1.29. The number of hydrogen-bond donors (Lipinski definition) is 0. The molecule has 0 aromatic heterocycles. The Morgan fingerprint density at radius 2 is 1.42 bits per heavy atom. The highest BCUT2D eigenvalue weighted by Gasteiger charge is 1.96. The van der Waals surface area contributed by atoms with Crippen LogP contribution < -0.4 is 0 Å². The zero-order valence-electron chi connectivity index (χ0n) is 8.10. The van der Waals surface area contributed by atoms with Crippen molar-refractivity contribution in [2.24, 2.45) is 0 Å². The van der Waals surface area contributed by atoms with E-state index in [0.717, 1.165) is 0 Å². The van der Waals surface area contributed by atoms with E-state index in [-0.39, 0.29) is 0 Å². The standard InChI is InChI=1S/C12H21/c1-2-4-6-8-10-12-11-9-7-5-3-1/h1-3H,4-12H2/q+1/b2-1+. The van der Waals surface area contributed by atoms with Gasteiger partial charge in [-0.2, -0.15) is 0 Å². The van der Waals surface area contributed by atoms with Crippen molar-refractivity contribution in [2.45, 2.75) is 57.8 Å². The minimum atomic E-state index is 1.29. The van der Waals surface area contributed by atoms with Gasteiger partial charge in [-0.3, -0.25) is 0 Å². The Morgan fingerprint density at radius 1 is 0.750 bits per heavy atom. The van der Waals surface area contributed by atoms with Gasteiger partial charge in [0.25, 0.3) is 0 Å². The summed E-state index contributed by atoms with van der Waals surface area (Å²) in [4.78, 5) is 0. The van der Waals surface area contributed by atoms with E-state index in [2.05, 4.69) is 18.6 Å². The fourth-order valence-electron chi connectivity index (χ4n) is 1.70. The quantitative estimate of drug-likeness (QED) is 0.470. The molecule has 1 rings (SSSR count). The molecule has 0 aliphatic heterocycles. The average molecular weight is 165 g/mol. The van der Waals surface area contributed by atoms with Crippen molar-refractivity contribution in [3.63, 3.8) is 0 Å². The lowest BCUT2D eigenvalue weighted by Gasteiger charge is -1.99. The number of rotatable bonds is 0. The molecule has 0 atom stereocenters. The van der Waals surface area contributed by atoms with Gasteiger partial charge < -0.3 is 0 Å². The Morgan fingerprint density at radius 3 is 2.25 bits per heavy atom. The van der Waals surface area contributed by atoms with Crippen LogP contribution in [0.1, 0.15) is 57.8 Å². The summed E-state index contributed by atoms with van der Waals surface area (Å²) in [5.74, 6) is 0. The SMILES string of the molecule is C1=C/CCCCCCCCC[CH+]/1. The lowest BCUT2D eigenvalue weighted by molar-refractivity contribution is 0.578. The first-order valence-electron chi connectivity index (χ1n) is 5.48. The molecule has 1 aliphatic carbocycles. The van der Waals surface area contributed by atoms with E-state index >= 15 is 0 Å². The smallest absolute Gasteiger partial charge is 0.0533 e. The molecular formula is C12H21+. The van der Waals surface area contributed by atoms with Crippen LogP contribution in [0.4, 0.5) is 0 Å². The largest absolute Gasteiger partial charge is 0.0893 e. The maximum atomic E-state index is 2.32. The Kier molecular flexibility index (Phi) is 5.87. The van der Waals surface area contributed by atoms with E-state index in [9.17, 15) is 0 Å². The third-order valence-electron chi connectivity index (χ3n) is 2.51. The second-order valence-corrected chi connectivity index (χ2v) is 3.72. The molecule has 0 fully saturated rings. The molecule has 1 aliphatic rings. The first kappa shape index (κ1) is 9.70. The van der Waals surface area contributed by atoms with Gasteiger partial charge >= 0.3 is 0 Å². The molecule has 0 radical (unpaired) electrons. The van der Waals surface area contributed by atoms with Gasteiger partial charge in [0, 0.05) is 25.3 Å². The minimum Gasteiger partial charge on any atom is -0.0533 e. The van der Waals surface area contributed by atoms with Gasteiger partial charge in [0.1, 0.15) is 0 Å². The van der Waals surface area contributed by atoms with Crippen molar-refractivity contribution in [3.8, 4) is 0 Å². The van der Waals surface area contributed by atoms with Crippen molar-refractivity contribution in [3.05, 3.63) is 18.6 Å². The summed E-state index contributed by atoms with van der Waals surface area (Å²) < 4.78 is 0. The summed E-state index contributed by atoms with van der Waals surface area (Å²) in [6.07, 6.45) is 19.5. The molecule has 0 N–H and O–H groups in total. The summed E-state index contributed by atoms with van der Waals surface area (Å²) in [6, 6.07) is 0. The number of allylic oxidation sites excluding steroid dienone is 2. The zero-order valence-corrected chi connectivity index (χ0v) is 8.10. The van der Waals surface area contributed by atoms with Crippen molar-refractivity contribution in [1.82, 2.24) is 0 Å². The van der Waals surface area contributed by atoms with Crippen LogP contribution in [0.25, 0.3) is 0 Å². The Hall–Kier alpha value is -0.390. The first-order valence-corrected chi connectivity index (χ1v) is 5.48. The molecule has 0 aromatic carbocycles. The van der Waals surface area contributed by atoms with E-state index in [1.165, 1.54) is 57.8 Å². The molecule has 0 bridgehead atoms. The van der Waals surface area contributed by atoms with Crippen molar-refractivity contribution < 1.29 is 0 Å². The van der Waals surface area contributed by atoms with Crippen LogP contribution >= 0.6 is 0 Å². The third-order valence-corrected chi connectivity index (χ3v) is 2.51. The van der Waals surface area contributed by atoms with Crippen molar-refractivity contribution in [2.75, 3.05) is 0 Å². The molecule has 0 saturated carbocycles. The molecule has 12 heavy (non-hydrogen) atoms. The average Bonchev–Trinajstić information content (AvgIpc) is 2.05. The molecule has 0 spiro atoms. The van der Waals surface area contributed by atoms with E-state index in [1.807, 2.05) is 0 Å². The lowest BCUT2D eigenvalue weighted by atomic mass is 10.0. The lowest BCUT2D eigenvalue weighted by Crippen LogP contribution is -1.83. The van der Waals surface area contributed by atoms with Gasteiger partial charge in [0.2, 0.25) is 0 Å². The molecule has 0 amide bonds. The second kappa shape index (κ2) is 7.27. The van der Waals surface area contributed by atoms with Gasteiger partial charge in [-0.15, -0.1) is 0 Å². The Balaban J connectivity index is 2.10. The van der Waals surface area contributed by atoms with Crippen LogP contribution in [0.2, 0.25) is 0 Å². The molecule has 0 saturated heterocycles. The Bertz CT molecular complexity index is 99.2. The molecular weight excluding hydrogens is 144 g/mol. The summed E-state index contributed by atoms with van der Waals surface area (Å²) in [5.41, 5.74) is 0. The highest BCUT2D eigenvalue weighted by molar-refractivity contribution is 4.94. The van der Waals surface area contributed by atoms with Crippen LogP contribution in [0.15, 0.2) is 12.2 Å². The zero-order chi connectivity index (χ0) is 8.49. The summed E-state index contributed by atoms with van der Waals surface area (Å²) in [5, 5.41) is 0. The number of hydrogen-bond acceptors (Lipinski definition) is 0. The van der Waals surface area contributed by atoms with Gasteiger partial charge in [0.15, 0.2) is 0 Å². The van der Waals surface area contributed by atoms with Crippen LogP contribution in [-0.4, -0.2) is 0 Å². The van der Waals surface area contributed by atoms with E-state index < -0.39 is 0 Å². The van der Waals surface area contributed by atoms with Crippen LogP contribution in [0, 0.1) is 6.42 Å². The highest BCUT2D eigenvalue weighted by atomic mass is 14.0. The summed E-state index contributed by atoms with van der Waals surface area (Å²) in [7, 11) is 0. The fourth-order valence-corrected chi connectivity index (χ4v) is 1.70. The van der Waals surface area contributed by atoms with Crippen LogP contribution in [0.3, 0.4) is 0 Å². The van der Waals surface area contributed by atoms with Crippen LogP contribution in [-0.2, 0) is 0 Å². The van der Waals surface area contributed by atoms with Gasteiger partial charge in [-0.1, -0.05) is 32.1 Å². The maximum absolute atomic E-state index is 2.32. The summed E-state index contributed by atoms with van der Waals surface area (Å²) in [6.45, 7) is 0.